The third kappa shape index (κ3) is 2.90. The summed E-state index contributed by atoms with van der Waals surface area (Å²) in [6.45, 7) is 2.34. The molecule has 1 rings (SSSR count). The minimum absolute atomic E-state index is 0.169. The molecule has 0 nitrogen and oxygen atoms in total. The first-order valence-electron chi connectivity index (χ1n) is 4.47. The third-order valence-corrected chi connectivity index (χ3v) is 7.41. The largest absolute Gasteiger partial charge is 0.0826 e. The summed E-state index contributed by atoms with van der Waals surface area (Å²) in [7, 11) is -0.169. The van der Waals surface area contributed by atoms with Crippen molar-refractivity contribution < 1.29 is 0 Å². The van der Waals surface area contributed by atoms with Crippen LogP contribution in [0.5, 0.6) is 0 Å². The Labute approximate surface area is 79.5 Å². The van der Waals surface area contributed by atoms with E-state index in [1.807, 2.05) is 0 Å². The Morgan fingerprint density at radius 2 is 2.00 bits per heavy atom. The van der Waals surface area contributed by atoms with Gasteiger partial charge < -0.3 is 0 Å². The van der Waals surface area contributed by atoms with E-state index in [2.05, 4.69) is 29.5 Å². The normalized spacial score (nSPS) is 34.2. The molecule has 1 heterocycles. The van der Waals surface area contributed by atoms with E-state index in [4.69, 9.17) is 0 Å². The zero-order valence-corrected chi connectivity index (χ0v) is 10.1. The molecule has 0 aliphatic carbocycles. The predicted octanol–water partition coefficient (Wildman–Crippen LogP) is 3.22. The van der Waals surface area contributed by atoms with Gasteiger partial charge in [-0.1, -0.05) is 54.1 Å². The van der Waals surface area contributed by atoms with Crippen LogP contribution in [-0.4, -0.2) is 12.7 Å². The molecule has 1 aliphatic rings. The summed E-state index contributed by atoms with van der Waals surface area (Å²) in [4.78, 5) is 0. The summed E-state index contributed by atoms with van der Waals surface area (Å²) in [6, 6.07) is 4.90. The van der Waals surface area contributed by atoms with Gasteiger partial charge in [0.05, 0.1) is 0 Å². The highest BCUT2D eigenvalue weighted by Crippen LogP contribution is 2.27. The second kappa shape index (κ2) is 4.75. The minimum Gasteiger partial charge on any atom is -0.0826 e. The van der Waals surface area contributed by atoms with Crippen LogP contribution in [0.1, 0.15) is 26.2 Å². The van der Waals surface area contributed by atoms with Gasteiger partial charge in [0.25, 0.3) is 0 Å². The molecule has 0 saturated carbocycles. The fourth-order valence-electron chi connectivity index (χ4n) is 1.82. The predicted molar refractivity (Wildman–Crippen MR) is 58.9 cm³/mol. The molecule has 1 aliphatic heterocycles. The topological polar surface area (TPSA) is 0 Å². The highest BCUT2D eigenvalue weighted by atomic mass is 127. The molecule has 0 aromatic carbocycles. The molecule has 0 bridgehead atoms. The molecule has 1 saturated heterocycles. The Kier molecular flexibility index (Phi) is 4.29. The first-order valence-corrected chi connectivity index (χ1v) is 8.16. The Hall–Kier alpha value is 0.947. The summed E-state index contributed by atoms with van der Waals surface area (Å²) >= 11 is 2.62. The van der Waals surface area contributed by atoms with Gasteiger partial charge in [0.1, 0.15) is 0 Å². The first kappa shape index (κ1) is 9.04. The van der Waals surface area contributed by atoms with Gasteiger partial charge in [0.2, 0.25) is 0 Å². The Balaban J connectivity index is 2.13. The van der Waals surface area contributed by atoms with Crippen molar-refractivity contribution in [2.24, 2.45) is 0 Å². The fourth-order valence-corrected chi connectivity index (χ4v) is 7.32. The third-order valence-electron chi connectivity index (χ3n) is 2.47. The van der Waals surface area contributed by atoms with Crippen LogP contribution >= 0.6 is 22.6 Å². The van der Waals surface area contributed by atoms with Crippen LogP contribution in [0.2, 0.25) is 18.1 Å². The van der Waals surface area contributed by atoms with Gasteiger partial charge in [-0.2, -0.15) is 0 Å². The molecule has 0 aromatic rings. The van der Waals surface area contributed by atoms with Crippen LogP contribution in [0, 0.1) is 0 Å². The lowest BCUT2D eigenvalue weighted by Gasteiger charge is -2.23. The SMILES string of the molecule is CCC[SiH]1CCC(I)CC1. The summed E-state index contributed by atoms with van der Waals surface area (Å²) in [5, 5.41) is 0. The lowest BCUT2D eigenvalue weighted by atomic mass is 10.3. The molecule has 10 heavy (non-hydrogen) atoms. The van der Waals surface area contributed by atoms with Gasteiger partial charge in [0, 0.05) is 12.7 Å². The van der Waals surface area contributed by atoms with Crippen molar-refractivity contribution in [3.8, 4) is 0 Å². The van der Waals surface area contributed by atoms with Gasteiger partial charge in [-0.3, -0.25) is 0 Å². The van der Waals surface area contributed by atoms with Crippen LogP contribution < -0.4 is 0 Å². The highest BCUT2D eigenvalue weighted by molar-refractivity contribution is 14.1. The van der Waals surface area contributed by atoms with E-state index in [0.717, 1.165) is 3.92 Å². The van der Waals surface area contributed by atoms with Crippen molar-refractivity contribution in [3.63, 3.8) is 0 Å². The fraction of sp³-hybridized carbons (Fsp3) is 1.00. The smallest absolute Gasteiger partial charge is 0.0368 e. The van der Waals surface area contributed by atoms with Gasteiger partial charge >= 0.3 is 0 Å². The molecule has 2 heteroatoms. The Bertz CT molecular complexity index is 87.3. The zero-order chi connectivity index (χ0) is 7.40. The van der Waals surface area contributed by atoms with Crippen LogP contribution in [0.15, 0.2) is 0 Å². The lowest BCUT2D eigenvalue weighted by Crippen LogP contribution is -2.20. The van der Waals surface area contributed by atoms with Crippen LogP contribution in [0.25, 0.3) is 0 Å². The molecule has 0 amide bonds. The quantitative estimate of drug-likeness (QED) is 0.410. The average molecular weight is 268 g/mol. The number of rotatable bonds is 2. The van der Waals surface area contributed by atoms with E-state index in [0.29, 0.717) is 0 Å². The molecule has 0 unspecified atom stereocenters. The average Bonchev–Trinajstić information content (AvgIpc) is 1.95. The maximum atomic E-state index is 2.62. The Morgan fingerprint density at radius 1 is 1.40 bits per heavy atom. The van der Waals surface area contributed by atoms with E-state index in [-0.39, 0.29) is 8.80 Å². The van der Waals surface area contributed by atoms with Crippen molar-refractivity contribution in [2.45, 2.75) is 48.2 Å². The van der Waals surface area contributed by atoms with Crippen LogP contribution in [0.4, 0.5) is 0 Å². The summed E-state index contributed by atoms with van der Waals surface area (Å²) in [6.07, 6.45) is 4.53. The maximum absolute atomic E-state index is 2.62. The van der Waals surface area contributed by atoms with Crippen LogP contribution in [0.3, 0.4) is 0 Å². The molecule has 0 radical (unpaired) electrons. The molecule has 0 spiro atoms. The standard InChI is InChI=1S/C8H17ISi/c1-2-5-10-6-3-8(9)4-7-10/h8,10H,2-7H2,1H3. The zero-order valence-electron chi connectivity index (χ0n) is 6.78. The number of hydrogen-bond donors (Lipinski definition) is 0. The van der Waals surface area contributed by atoms with Crippen LogP contribution in [-0.2, 0) is 0 Å². The van der Waals surface area contributed by atoms with Crippen molar-refractivity contribution in [1.29, 1.82) is 0 Å². The number of alkyl halides is 1. The Morgan fingerprint density at radius 3 is 2.50 bits per heavy atom. The summed E-state index contributed by atoms with van der Waals surface area (Å²) < 4.78 is 1.03. The van der Waals surface area contributed by atoms with E-state index in [9.17, 15) is 0 Å². The molecular formula is C8H17ISi. The minimum atomic E-state index is -0.169. The number of hydrogen-bond acceptors (Lipinski definition) is 0. The molecule has 0 aromatic heterocycles. The van der Waals surface area contributed by atoms with Crippen molar-refractivity contribution in [2.75, 3.05) is 0 Å². The van der Waals surface area contributed by atoms with Crippen molar-refractivity contribution in [3.05, 3.63) is 0 Å². The monoisotopic (exact) mass is 268 g/mol. The van der Waals surface area contributed by atoms with E-state index in [1.165, 1.54) is 19.3 Å². The maximum Gasteiger partial charge on any atom is 0.0368 e. The summed E-state index contributed by atoms with van der Waals surface area (Å²) in [5.74, 6) is 0. The second-order valence-electron chi connectivity index (χ2n) is 3.41. The van der Waals surface area contributed by atoms with Gasteiger partial charge in [0.15, 0.2) is 0 Å². The molecule has 60 valence electrons. The van der Waals surface area contributed by atoms with Gasteiger partial charge in [-0.15, -0.1) is 0 Å². The number of halogens is 1. The van der Waals surface area contributed by atoms with E-state index < -0.39 is 0 Å². The van der Waals surface area contributed by atoms with Crippen molar-refractivity contribution in [1.82, 2.24) is 0 Å². The molecule has 0 atom stereocenters. The first-order chi connectivity index (χ1) is 4.83. The summed E-state index contributed by atoms with van der Waals surface area (Å²) in [5.41, 5.74) is 0. The lowest BCUT2D eigenvalue weighted by molar-refractivity contribution is 0.758. The van der Waals surface area contributed by atoms with E-state index >= 15 is 0 Å². The molecule has 1 fully saturated rings. The molecule has 0 N–H and O–H groups in total. The van der Waals surface area contributed by atoms with Crippen molar-refractivity contribution >= 4 is 31.4 Å². The van der Waals surface area contributed by atoms with Gasteiger partial charge in [-0.05, 0) is 12.8 Å². The second-order valence-corrected chi connectivity index (χ2v) is 8.63. The molecular weight excluding hydrogens is 251 g/mol. The highest BCUT2D eigenvalue weighted by Gasteiger charge is 2.18. The van der Waals surface area contributed by atoms with Gasteiger partial charge in [-0.25, -0.2) is 0 Å². The van der Waals surface area contributed by atoms with E-state index in [1.54, 1.807) is 18.1 Å².